The van der Waals surface area contributed by atoms with Crippen molar-refractivity contribution in [2.45, 2.75) is 25.8 Å². The maximum atomic E-state index is 11.1. The molecule has 0 aromatic heterocycles. The van der Waals surface area contributed by atoms with Gasteiger partial charge in [-0.15, -0.1) is 0 Å². The van der Waals surface area contributed by atoms with Crippen LogP contribution in [0.1, 0.15) is 19.8 Å². The van der Waals surface area contributed by atoms with Crippen molar-refractivity contribution < 1.29 is 8.42 Å². The molecule has 0 bridgehead atoms. The molecule has 0 aliphatic carbocycles. The van der Waals surface area contributed by atoms with E-state index in [1.807, 2.05) is 0 Å². The summed E-state index contributed by atoms with van der Waals surface area (Å²) in [4.78, 5) is 0. The number of hydrogen-bond acceptors (Lipinski definition) is 3. The van der Waals surface area contributed by atoms with Gasteiger partial charge in [0.15, 0.2) is 0 Å². The molecule has 1 aliphatic heterocycles. The van der Waals surface area contributed by atoms with Crippen LogP contribution in [-0.2, 0) is 10.0 Å². The second-order valence-corrected chi connectivity index (χ2v) is 5.11. The van der Waals surface area contributed by atoms with Gasteiger partial charge in [0, 0.05) is 12.6 Å². The van der Waals surface area contributed by atoms with Crippen LogP contribution in [0.2, 0.25) is 0 Å². The lowest BCUT2D eigenvalue weighted by Crippen LogP contribution is -2.45. The van der Waals surface area contributed by atoms with E-state index in [2.05, 4.69) is 10.0 Å². The second kappa shape index (κ2) is 4.20. The fourth-order valence-corrected chi connectivity index (χ4v) is 2.17. The zero-order valence-electron chi connectivity index (χ0n) is 7.34. The summed E-state index contributed by atoms with van der Waals surface area (Å²) in [5, 5.41) is 3.15. The topological polar surface area (TPSA) is 58.2 Å². The highest BCUT2D eigenvalue weighted by Gasteiger charge is 2.17. The van der Waals surface area contributed by atoms with Crippen LogP contribution in [0.3, 0.4) is 0 Å². The van der Waals surface area contributed by atoms with Crippen LogP contribution in [-0.4, -0.2) is 33.3 Å². The number of rotatable bonds is 3. The Morgan fingerprint density at radius 2 is 2.33 bits per heavy atom. The van der Waals surface area contributed by atoms with Gasteiger partial charge in [0.1, 0.15) is 0 Å². The average molecular weight is 192 g/mol. The van der Waals surface area contributed by atoms with Gasteiger partial charge in [-0.2, -0.15) is 0 Å². The first kappa shape index (κ1) is 9.95. The van der Waals surface area contributed by atoms with E-state index < -0.39 is 10.0 Å². The molecular weight excluding hydrogens is 176 g/mol. The molecule has 72 valence electrons. The summed E-state index contributed by atoms with van der Waals surface area (Å²) in [6, 6.07) is 0.101. The smallest absolute Gasteiger partial charge is 0.211 e. The third-order valence-electron chi connectivity index (χ3n) is 2.02. The first-order valence-electron chi connectivity index (χ1n) is 4.35. The van der Waals surface area contributed by atoms with E-state index >= 15 is 0 Å². The van der Waals surface area contributed by atoms with Gasteiger partial charge in [0.05, 0.1) is 5.75 Å². The van der Waals surface area contributed by atoms with Crippen molar-refractivity contribution in [3.8, 4) is 0 Å². The standard InChI is InChI=1S/C7H16N2O2S/c1-2-12(10,11)9-7-4-3-5-8-6-7/h7-9H,2-6H2,1H3. The molecule has 12 heavy (non-hydrogen) atoms. The summed E-state index contributed by atoms with van der Waals surface area (Å²) in [6.07, 6.45) is 2.00. The molecule has 5 heteroatoms. The number of nitrogens with one attached hydrogen (secondary N) is 2. The normalized spacial score (nSPS) is 25.6. The fraction of sp³-hybridized carbons (Fsp3) is 1.00. The highest BCUT2D eigenvalue weighted by atomic mass is 32.2. The Labute approximate surface area is 73.8 Å². The van der Waals surface area contributed by atoms with Gasteiger partial charge in [-0.1, -0.05) is 0 Å². The minimum Gasteiger partial charge on any atom is -0.315 e. The van der Waals surface area contributed by atoms with Gasteiger partial charge in [-0.25, -0.2) is 13.1 Å². The van der Waals surface area contributed by atoms with Crippen molar-refractivity contribution in [1.29, 1.82) is 0 Å². The zero-order chi connectivity index (χ0) is 9.03. The molecule has 1 unspecified atom stereocenters. The lowest BCUT2D eigenvalue weighted by molar-refractivity contribution is 0.429. The van der Waals surface area contributed by atoms with Crippen molar-refractivity contribution in [2.75, 3.05) is 18.8 Å². The lowest BCUT2D eigenvalue weighted by atomic mass is 10.1. The van der Waals surface area contributed by atoms with Crippen LogP contribution in [0.15, 0.2) is 0 Å². The third-order valence-corrected chi connectivity index (χ3v) is 3.48. The quantitative estimate of drug-likeness (QED) is 0.644. The van der Waals surface area contributed by atoms with Crippen molar-refractivity contribution in [2.24, 2.45) is 0 Å². The predicted molar refractivity (Wildman–Crippen MR) is 48.5 cm³/mol. The molecule has 2 N–H and O–H groups in total. The van der Waals surface area contributed by atoms with Crippen LogP contribution in [0.4, 0.5) is 0 Å². The molecule has 1 atom stereocenters. The van der Waals surface area contributed by atoms with Gasteiger partial charge in [0.25, 0.3) is 0 Å². The van der Waals surface area contributed by atoms with Gasteiger partial charge >= 0.3 is 0 Å². The van der Waals surface area contributed by atoms with Gasteiger partial charge in [-0.3, -0.25) is 0 Å². The Morgan fingerprint density at radius 3 is 2.83 bits per heavy atom. The maximum Gasteiger partial charge on any atom is 0.211 e. The Hall–Kier alpha value is -0.130. The summed E-state index contributed by atoms with van der Waals surface area (Å²) in [6.45, 7) is 3.42. The number of piperidine rings is 1. The van der Waals surface area contributed by atoms with E-state index in [4.69, 9.17) is 0 Å². The lowest BCUT2D eigenvalue weighted by Gasteiger charge is -2.23. The van der Waals surface area contributed by atoms with E-state index in [0.717, 1.165) is 25.9 Å². The average Bonchev–Trinajstić information content (AvgIpc) is 2.06. The molecule has 1 rings (SSSR count). The molecule has 0 amide bonds. The van der Waals surface area contributed by atoms with Crippen LogP contribution >= 0.6 is 0 Å². The highest BCUT2D eigenvalue weighted by Crippen LogP contribution is 2.02. The van der Waals surface area contributed by atoms with Crippen molar-refractivity contribution in [3.05, 3.63) is 0 Å². The molecule has 0 spiro atoms. The first-order chi connectivity index (χ1) is 5.64. The summed E-state index contributed by atoms with van der Waals surface area (Å²) in [5.74, 6) is 0.170. The first-order valence-corrected chi connectivity index (χ1v) is 6.00. The summed E-state index contributed by atoms with van der Waals surface area (Å²) < 4.78 is 24.9. The monoisotopic (exact) mass is 192 g/mol. The Morgan fingerprint density at radius 1 is 1.58 bits per heavy atom. The molecule has 1 saturated heterocycles. The zero-order valence-corrected chi connectivity index (χ0v) is 8.15. The molecule has 1 fully saturated rings. The van der Waals surface area contributed by atoms with E-state index in [0.29, 0.717) is 0 Å². The van der Waals surface area contributed by atoms with Crippen LogP contribution < -0.4 is 10.0 Å². The molecule has 4 nitrogen and oxygen atoms in total. The van der Waals surface area contributed by atoms with Crippen molar-refractivity contribution in [1.82, 2.24) is 10.0 Å². The molecule has 0 saturated carbocycles. The van der Waals surface area contributed by atoms with E-state index in [1.165, 1.54) is 0 Å². The minimum absolute atomic E-state index is 0.101. The summed E-state index contributed by atoms with van der Waals surface area (Å²) in [7, 11) is -3.01. The summed E-state index contributed by atoms with van der Waals surface area (Å²) >= 11 is 0. The van der Waals surface area contributed by atoms with Crippen molar-refractivity contribution >= 4 is 10.0 Å². The van der Waals surface area contributed by atoms with Crippen LogP contribution in [0, 0.1) is 0 Å². The van der Waals surface area contributed by atoms with Crippen LogP contribution in [0.5, 0.6) is 0 Å². The SMILES string of the molecule is CCS(=O)(=O)NC1CCCNC1. The third kappa shape index (κ3) is 3.08. The number of hydrogen-bond donors (Lipinski definition) is 2. The van der Waals surface area contributed by atoms with Gasteiger partial charge in [0.2, 0.25) is 10.0 Å². The molecule has 0 aromatic carbocycles. The van der Waals surface area contributed by atoms with E-state index in [1.54, 1.807) is 6.92 Å². The summed E-state index contributed by atoms with van der Waals surface area (Å²) in [5.41, 5.74) is 0. The second-order valence-electron chi connectivity index (χ2n) is 3.06. The molecular formula is C7H16N2O2S. The van der Waals surface area contributed by atoms with Gasteiger partial charge < -0.3 is 5.32 Å². The maximum absolute atomic E-state index is 11.1. The van der Waals surface area contributed by atoms with Crippen LogP contribution in [0.25, 0.3) is 0 Å². The van der Waals surface area contributed by atoms with Crippen molar-refractivity contribution in [3.63, 3.8) is 0 Å². The molecule has 0 aromatic rings. The molecule has 1 heterocycles. The number of sulfonamides is 1. The van der Waals surface area contributed by atoms with E-state index in [9.17, 15) is 8.42 Å². The fourth-order valence-electron chi connectivity index (χ4n) is 1.29. The predicted octanol–water partition coefficient (Wildman–Crippen LogP) is -0.322. The Balaban J connectivity index is 2.39. The van der Waals surface area contributed by atoms with E-state index in [-0.39, 0.29) is 11.8 Å². The Kier molecular flexibility index (Phi) is 3.49. The highest BCUT2D eigenvalue weighted by molar-refractivity contribution is 7.89. The Bertz CT molecular complexity index is 220. The molecule has 1 aliphatic rings. The largest absolute Gasteiger partial charge is 0.315 e. The van der Waals surface area contributed by atoms with Gasteiger partial charge in [-0.05, 0) is 26.3 Å². The minimum atomic E-state index is -3.01. The molecule has 0 radical (unpaired) electrons.